The number of rotatable bonds is 6. The summed E-state index contributed by atoms with van der Waals surface area (Å²) >= 11 is 0. The van der Waals surface area contributed by atoms with Crippen LogP contribution in [-0.4, -0.2) is 45.9 Å². The molecule has 0 radical (unpaired) electrons. The molecule has 0 saturated heterocycles. The lowest BCUT2D eigenvalue weighted by atomic mass is 9.82. The topological polar surface area (TPSA) is 104 Å². The lowest BCUT2D eigenvalue weighted by Crippen LogP contribution is -2.48. The number of Topliss-reactive ketones (excluding diaryl/α,β-unsaturated/α-hetero) is 2. The second-order valence-corrected chi connectivity index (χ2v) is 6.34. The molecule has 0 aromatic rings. The molecular formula is C17H25NO5. The molecule has 0 bridgehead atoms. The highest BCUT2D eigenvalue weighted by atomic mass is 16.3. The van der Waals surface area contributed by atoms with Crippen LogP contribution in [0.4, 0.5) is 0 Å². The number of hydrogen-bond donors (Lipinski definition) is 3. The van der Waals surface area contributed by atoms with Crippen molar-refractivity contribution in [2.45, 2.75) is 59.1 Å². The lowest BCUT2D eigenvalue weighted by Gasteiger charge is -2.26. The van der Waals surface area contributed by atoms with E-state index in [2.05, 4.69) is 5.32 Å². The molecule has 0 fully saturated rings. The number of hydrogen-bond acceptors (Lipinski definition) is 5. The Hall–Kier alpha value is -1.79. The molecule has 1 aliphatic rings. The first kappa shape index (κ1) is 19.3. The summed E-state index contributed by atoms with van der Waals surface area (Å²) in [5.74, 6) is -0.995. The van der Waals surface area contributed by atoms with Gasteiger partial charge in [-0.1, -0.05) is 0 Å². The Morgan fingerprint density at radius 3 is 2.17 bits per heavy atom. The first-order valence-corrected chi connectivity index (χ1v) is 7.63. The molecule has 2 atom stereocenters. The third-order valence-electron chi connectivity index (χ3n) is 4.31. The summed E-state index contributed by atoms with van der Waals surface area (Å²) in [6.07, 6.45) is 0.143. The van der Waals surface area contributed by atoms with Gasteiger partial charge in [0.2, 0.25) is 0 Å². The van der Waals surface area contributed by atoms with Gasteiger partial charge in [0.15, 0.2) is 11.6 Å². The number of ketones is 2. The van der Waals surface area contributed by atoms with Gasteiger partial charge in [-0.2, -0.15) is 0 Å². The molecule has 6 nitrogen and oxygen atoms in total. The maximum atomic E-state index is 12.3. The van der Waals surface area contributed by atoms with Crippen molar-refractivity contribution in [2.75, 3.05) is 6.61 Å². The summed E-state index contributed by atoms with van der Waals surface area (Å²) in [6, 6.07) is -0.472. The molecule has 128 valence electrons. The smallest absolute Gasteiger partial charge is 0.251 e. The van der Waals surface area contributed by atoms with Gasteiger partial charge in [-0.05, 0) is 47.5 Å². The number of allylic oxidation sites excluding steroid dienone is 4. The van der Waals surface area contributed by atoms with Crippen molar-refractivity contribution in [3.05, 3.63) is 22.3 Å². The monoisotopic (exact) mass is 323 g/mol. The number of carbonyl (C=O) groups excluding carboxylic acids is 3. The number of amides is 1. The lowest BCUT2D eigenvalue weighted by molar-refractivity contribution is -0.139. The summed E-state index contributed by atoms with van der Waals surface area (Å²) in [4.78, 5) is 36.4. The van der Waals surface area contributed by atoms with Crippen LogP contribution in [0.3, 0.4) is 0 Å². The van der Waals surface area contributed by atoms with E-state index in [-0.39, 0.29) is 31.0 Å². The van der Waals surface area contributed by atoms with Gasteiger partial charge in [-0.25, -0.2) is 0 Å². The molecule has 1 rings (SSSR count). The van der Waals surface area contributed by atoms with Crippen LogP contribution in [0.25, 0.3) is 0 Å². The van der Waals surface area contributed by atoms with E-state index in [4.69, 9.17) is 5.11 Å². The van der Waals surface area contributed by atoms with Crippen LogP contribution >= 0.6 is 0 Å². The van der Waals surface area contributed by atoms with Crippen LogP contribution in [-0.2, 0) is 14.4 Å². The van der Waals surface area contributed by atoms with Crippen molar-refractivity contribution in [1.82, 2.24) is 5.32 Å². The van der Waals surface area contributed by atoms with E-state index in [0.717, 1.165) is 0 Å². The molecular weight excluding hydrogens is 298 g/mol. The number of aliphatic hydroxyl groups excluding tert-OH is 1. The van der Waals surface area contributed by atoms with Crippen LogP contribution in [0, 0.1) is 0 Å². The van der Waals surface area contributed by atoms with Gasteiger partial charge in [0.1, 0.15) is 5.60 Å². The van der Waals surface area contributed by atoms with Crippen molar-refractivity contribution in [2.24, 2.45) is 0 Å². The molecule has 0 aromatic carbocycles. The molecule has 0 aromatic heterocycles. The molecule has 0 saturated carbocycles. The molecule has 23 heavy (non-hydrogen) atoms. The standard InChI is InChI=1S/C17H25NO5/c1-9(8-19)18-16(22)17(5,23)7-6-13-12(4)14(20)10(2)11(3)15(13)21/h9,19,23H,6-8H2,1-5H3,(H,18,22). The van der Waals surface area contributed by atoms with Gasteiger partial charge in [0, 0.05) is 28.3 Å². The Bertz CT molecular complexity index is 598. The summed E-state index contributed by atoms with van der Waals surface area (Å²) in [5, 5.41) is 21.7. The van der Waals surface area contributed by atoms with Crippen molar-refractivity contribution in [3.8, 4) is 0 Å². The number of aliphatic hydroxyl groups is 2. The van der Waals surface area contributed by atoms with Gasteiger partial charge in [0.25, 0.3) is 5.91 Å². The maximum Gasteiger partial charge on any atom is 0.251 e. The van der Waals surface area contributed by atoms with Crippen LogP contribution in [0.5, 0.6) is 0 Å². The zero-order valence-electron chi connectivity index (χ0n) is 14.3. The minimum Gasteiger partial charge on any atom is -0.394 e. The zero-order chi connectivity index (χ0) is 17.9. The Labute approximate surface area is 136 Å². The Morgan fingerprint density at radius 2 is 1.65 bits per heavy atom. The average molecular weight is 323 g/mol. The molecule has 0 aliphatic heterocycles. The fourth-order valence-corrected chi connectivity index (χ4v) is 2.36. The molecule has 0 heterocycles. The molecule has 1 amide bonds. The minimum atomic E-state index is -1.69. The third-order valence-corrected chi connectivity index (χ3v) is 4.31. The highest BCUT2D eigenvalue weighted by Crippen LogP contribution is 2.28. The van der Waals surface area contributed by atoms with Gasteiger partial charge in [-0.15, -0.1) is 0 Å². The van der Waals surface area contributed by atoms with Crippen LogP contribution in [0.1, 0.15) is 47.5 Å². The molecule has 2 unspecified atom stereocenters. The molecule has 3 N–H and O–H groups in total. The SMILES string of the molecule is CC1=C(C)C(=O)C(CCC(C)(O)C(=O)NC(C)CO)=C(C)C1=O. The molecule has 6 heteroatoms. The minimum absolute atomic E-state index is 0.00893. The second-order valence-electron chi connectivity index (χ2n) is 6.34. The summed E-state index contributed by atoms with van der Waals surface area (Å²) in [7, 11) is 0. The van der Waals surface area contributed by atoms with E-state index in [1.807, 2.05) is 0 Å². The van der Waals surface area contributed by atoms with Gasteiger partial charge < -0.3 is 15.5 Å². The van der Waals surface area contributed by atoms with E-state index in [1.165, 1.54) is 6.92 Å². The predicted octanol–water partition coefficient (Wildman–Crippen LogP) is 0.819. The van der Waals surface area contributed by atoms with E-state index in [1.54, 1.807) is 27.7 Å². The first-order valence-electron chi connectivity index (χ1n) is 7.63. The third kappa shape index (κ3) is 4.14. The van der Waals surface area contributed by atoms with Crippen LogP contribution in [0.2, 0.25) is 0 Å². The average Bonchev–Trinajstić information content (AvgIpc) is 2.50. The van der Waals surface area contributed by atoms with E-state index in [0.29, 0.717) is 22.3 Å². The second kappa shape index (κ2) is 7.19. The zero-order valence-corrected chi connectivity index (χ0v) is 14.3. The molecule has 0 spiro atoms. The fourth-order valence-electron chi connectivity index (χ4n) is 2.36. The van der Waals surface area contributed by atoms with Gasteiger partial charge >= 0.3 is 0 Å². The summed E-state index contributed by atoms with van der Waals surface area (Å²) < 4.78 is 0. The van der Waals surface area contributed by atoms with Crippen molar-refractivity contribution in [1.29, 1.82) is 0 Å². The highest BCUT2D eigenvalue weighted by molar-refractivity contribution is 6.24. The Balaban J connectivity index is 2.86. The summed E-state index contributed by atoms with van der Waals surface area (Å²) in [5.41, 5.74) is -0.116. The molecule has 1 aliphatic carbocycles. The largest absolute Gasteiger partial charge is 0.394 e. The van der Waals surface area contributed by atoms with E-state index in [9.17, 15) is 19.5 Å². The Kier molecular flexibility index (Phi) is 6.02. The normalized spacial score (nSPS) is 19.8. The first-order chi connectivity index (χ1) is 10.5. The van der Waals surface area contributed by atoms with Gasteiger partial charge in [-0.3, -0.25) is 14.4 Å². The van der Waals surface area contributed by atoms with E-state index < -0.39 is 17.6 Å². The predicted molar refractivity (Wildman–Crippen MR) is 85.6 cm³/mol. The van der Waals surface area contributed by atoms with Crippen LogP contribution in [0.15, 0.2) is 22.3 Å². The number of carbonyl (C=O) groups is 3. The van der Waals surface area contributed by atoms with Crippen molar-refractivity contribution < 1.29 is 24.6 Å². The number of nitrogens with one attached hydrogen (secondary N) is 1. The van der Waals surface area contributed by atoms with Crippen LogP contribution < -0.4 is 5.32 Å². The van der Waals surface area contributed by atoms with Crippen molar-refractivity contribution >= 4 is 17.5 Å². The van der Waals surface area contributed by atoms with Gasteiger partial charge in [0.05, 0.1) is 6.61 Å². The Morgan fingerprint density at radius 1 is 1.13 bits per heavy atom. The van der Waals surface area contributed by atoms with Crippen molar-refractivity contribution in [3.63, 3.8) is 0 Å². The fraction of sp³-hybridized carbons (Fsp3) is 0.588. The quantitative estimate of drug-likeness (QED) is 0.628. The summed E-state index contributed by atoms with van der Waals surface area (Å²) in [6.45, 7) is 7.55. The highest BCUT2D eigenvalue weighted by Gasteiger charge is 2.34. The van der Waals surface area contributed by atoms with E-state index >= 15 is 0 Å². The maximum absolute atomic E-state index is 12.3.